The molecule has 6 nitrogen and oxygen atoms in total. The molecule has 2 amide bonds. The first-order chi connectivity index (χ1) is 11.1. The van der Waals surface area contributed by atoms with E-state index >= 15 is 0 Å². The van der Waals surface area contributed by atoms with Crippen LogP contribution < -0.4 is 5.32 Å². The summed E-state index contributed by atoms with van der Waals surface area (Å²) in [6, 6.07) is 0. The van der Waals surface area contributed by atoms with Crippen LogP contribution in [0.15, 0.2) is 0 Å². The van der Waals surface area contributed by atoms with E-state index in [9.17, 15) is 14.7 Å². The van der Waals surface area contributed by atoms with E-state index in [0.29, 0.717) is 37.4 Å². The van der Waals surface area contributed by atoms with E-state index in [-0.39, 0.29) is 12.0 Å². The minimum atomic E-state index is -0.287. The molecule has 3 fully saturated rings. The minimum absolute atomic E-state index is 0.0515. The lowest BCUT2D eigenvalue weighted by Crippen LogP contribution is -2.46. The second kappa shape index (κ2) is 7.62. The summed E-state index contributed by atoms with van der Waals surface area (Å²) < 4.78 is 0. The Hall–Kier alpha value is -1.14. The molecule has 3 rings (SSSR count). The molecule has 1 atom stereocenters. The van der Waals surface area contributed by atoms with Crippen LogP contribution in [0.5, 0.6) is 0 Å². The van der Waals surface area contributed by atoms with Gasteiger partial charge in [-0.15, -0.1) is 0 Å². The highest BCUT2D eigenvalue weighted by molar-refractivity contribution is 5.81. The number of nitrogens with one attached hydrogen (secondary N) is 1. The molecule has 130 valence electrons. The van der Waals surface area contributed by atoms with E-state index in [1.54, 1.807) is 0 Å². The van der Waals surface area contributed by atoms with E-state index in [2.05, 4.69) is 5.32 Å². The number of aliphatic hydroxyl groups excluding tert-OH is 1. The van der Waals surface area contributed by atoms with Gasteiger partial charge in [-0.1, -0.05) is 0 Å². The number of hydrogen-bond donors (Lipinski definition) is 2. The molecule has 1 unspecified atom stereocenters. The van der Waals surface area contributed by atoms with Crippen molar-refractivity contribution in [3.8, 4) is 0 Å². The Bertz CT molecular complexity index is 431. The Morgan fingerprint density at radius 1 is 1.04 bits per heavy atom. The normalized spacial score (nSPS) is 27.0. The molecule has 0 spiro atoms. The van der Waals surface area contributed by atoms with Crippen molar-refractivity contribution in [2.75, 3.05) is 39.3 Å². The van der Waals surface area contributed by atoms with Crippen molar-refractivity contribution in [3.05, 3.63) is 0 Å². The first-order valence-electron chi connectivity index (χ1n) is 9.07. The van der Waals surface area contributed by atoms with Gasteiger partial charge in [-0.25, -0.2) is 0 Å². The van der Waals surface area contributed by atoms with Crippen LogP contribution in [0.2, 0.25) is 0 Å². The van der Waals surface area contributed by atoms with E-state index < -0.39 is 0 Å². The number of nitrogens with zero attached hydrogens (tertiary/aromatic N) is 2. The van der Waals surface area contributed by atoms with Gasteiger partial charge in [0.2, 0.25) is 11.8 Å². The fraction of sp³-hybridized carbons (Fsp3) is 0.882. The third kappa shape index (κ3) is 4.91. The highest BCUT2D eigenvalue weighted by atomic mass is 16.3. The number of carbonyl (C=O) groups excluding carboxylic acids is 2. The Kier molecular flexibility index (Phi) is 5.54. The molecular weight excluding hydrogens is 294 g/mol. The van der Waals surface area contributed by atoms with Crippen LogP contribution in [0.25, 0.3) is 0 Å². The molecule has 3 aliphatic rings. The minimum Gasteiger partial charge on any atom is -0.392 e. The van der Waals surface area contributed by atoms with Crippen molar-refractivity contribution >= 4 is 11.8 Å². The molecule has 2 aliphatic heterocycles. The zero-order valence-corrected chi connectivity index (χ0v) is 13.9. The van der Waals surface area contributed by atoms with Crippen LogP contribution >= 0.6 is 0 Å². The topological polar surface area (TPSA) is 72.9 Å². The highest BCUT2D eigenvalue weighted by Gasteiger charge is 2.34. The largest absolute Gasteiger partial charge is 0.392 e. The second-order valence-electron chi connectivity index (χ2n) is 7.38. The summed E-state index contributed by atoms with van der Waals surface area (Å²) in [5.74, 6) is 1.19. The van der Waals surface area contributed by atoms with Gasteiger partial charge in [0.25, 0.3) is 0 Å². The van der Waals surface area contributed by atoms with Crippen molar-refractivity contribution in [3.63, 3.8) is 0 Å². The lowest BCUT2D eigenvalue weighted by atomic mass is 9.96. The van der Waals surface area contributed by atoms with E-state index in [1.807, 2.05) is 9.80 Å². The Balaban J connectivity index is 1.31. The standard InChI is InChI=1S/C17H29N3O3/c21-15-2-1-7-19(11-15)12-16(22)18-10-13-5-8-20(9-6-13)17(23)14-3-4-14/h13-15,21H,1-12H2,(H,18,22). The maximum atomic E-state index is 12.0. The van der Waals surface area contributed by atoms with Gasteiger partial charge in [-0.3, -0.25) is 14.5 Å². The fourth-order valence-corrected chi connectivity index (χ4v) is 3.64. The predicted molar refractivity (Wildman–Crippen MR) is 86.7 cm³/mol. The molecule has 2 saturated heterocycles. The van der Waals surface area contributed by atoms with Gasteiger partial charge < -0.3 is 15.3 Å². The number of amides is 2. The van der Waals surface area contributed by atoms with E-state index in [4.69, 9.17) is 0 Å². The van der Waals surface area contributed by atoms with Gasteiger partial charge in [0.15, 0.2) is 0 Å². The molecule has 0 aromatic heterocycles. The first kappa shape index (κ1) is 16.7. The van der Waals surface area contributed by atoms with Crippen molar-refractivity contribution in [1.29, 1.82) is 0 Å². The smallest absolute Gasteiger partial charge is 0.234 e. The molecule has 2 heterocycles. The average molecular weight is 323 g/mol. The van der Waals surface area contributed by atoms with Crippen LogP contribution in [0.3, 0.4) is 0 Å². The number of rotatable bonds is 5. The third-order valence-corrected chi connectivity index (χ3v) is 5.29. The summed E-state index contributed by atoms with van der Waals surface area (Å²) in [6.07, 6.45) is 5.63. The van der Waals surface area contributed by atoms with Gasteiger partial charge in [-0.05, 0) is 51.0 Å². The summed E-state index contributed by atoms with van der Waals surface area (Å²) in [4.78, 5) is 28.1. The lowest BCUT2D eigenvalue weighted by Gasteiger charge is -2.33. The summed E-state index contributed by atoms with van der Waals surface area (Å²) in [5, 5.41) is 12.7. The van der Waals surface area contributed by atoms with Crippen LogP contribution in [0.4, 0.5) is 0 Å². The molecule has 2 N–H and O–H groups in total. The van der Waals surface area contributed by atoms with Crippen LogP contribution in [0, 0.1) is 11.8 Å². The molecule has 23 heavy (non-hydrogen) atoms. The number of likely N-dealkylation sites (tertiary alicyclic amines) is 2. The van der Waals surface area contributed by atoms with Crippen molar-refractivity contribution < 1.29 is 14.7 Å². The Morgan fingerprint density at radius 2 is 1.78 bits per heavy atom. The van der Waals surface area contributed by atoms with Crippen molar-refractivity contribution in [1.82, 2.24) is 15.1 Å². The zero-order chi connectivity index (χ0) is 16.2. The molecule has 0 radical (unpaired) electrons. The molecule has 6 heteroatoms. The average Bonchev–Trinajstić information content (AvgIpc) is 3.38. The molecule has 0 aromatic rings. The maximum absolute atomic E-state index is 12.0. The van der Waals surface area contributed by atoms with Gasteiger partial charge >= 0.3 is 0 Å². The SMILES string of the molecule is O=C(CN1CCCC(O)C1)NCC1CCN(C(=O)C2CC2)CC1. The molecule has 0 aromatic carbocycles. The fourth-order valence-electron chi connectivity index (χ4n) is 3.64. The van der Waals surface area contributed by atoms with Crippen molar-refractivity contribution in [2.45, 2.75) is 44.6 Å². The predicted octanol–water partition coefficient (Wildman–Crippen LogP) is 0.208. The number of β-amino-alcohol motifs (C(OH)–C–C–N with tert-alkyl or cyclic N) is 1. The zero-order valence-electron chi connectivity index (χ0n) is 13.9. The molecular formula is C17H29N3O3. The number of carbonyl (C=O) groups is 2. The third-order valence-electron chi connectivity index (χ3n) is 5.29. The highest BCUT2D eigenvalue weighted by Crippen LogP contribution is 2.32. The summed E-state index contributed by atoms with van der Waals surface area (Å²) in [5.41, 5.74) is 0. The van der Waals surface area contributed by atoms with Gasteiger partial charge in [-0.2, -0.15) is 0 Å². The van der Waals surface area contributed by atoms with E-state index in [0.717, 1.165) is 58.2 Å². The van der Waals surface area contributed by atoms with E-state index in [1.165, 1.54) is 0 Å². The second-order valence-corrected chi connectivity index (χ2v) is 7.38. The number of hydrogen-bond acceptors (Lipinski definition) is 4. The van der Waals surface area contributed by atoms with Gasteiger partial charge in [0.1, 0.15) is 0 Å². The molecule has 0 bridgehead atoms. The van der Waals surface area contributed by atoms with Gasteiger partial charge in [0.05, 0.1) is 12.6 Å². The maximum Gasteiger partial charge on any atom is 0.234 e. The van der Waals surface area contributed by atoms with Gasteiger partial charge in [0, 0.05) is 32.1 Å². The lowest BCUT2D eigenvalue weighted by molar-refractivity contribution is -0.134. The van der Waals surface area contributed by atoms with Crippen molar-refractivity contribution in [2.24, 2.45) is 11.8 Å². The quantitative estimate of drug-likeness (QED) is 0.758. The monoisotopic (exact) mass is 323 g/mol. The number of piperidine rings is 2. The van der Waals surface area contributed by atoms with Crippen LogP contribution in [0.1, 0.15) is 38.5 Å². The number of aliphatic hydroxyl groups is 1. The van der Waals surface area contributed by atoms with Crippen LogP contribution in [-0.2, 0) is 9.59 Å². The summed E-state index contributed by atoms with van der Waals surface area (Å²) >= 11 is 0. The molecule has 1 saturated carbocycles. The Labute approximate surface area is 138 Å². The first-order valence-corrected chi connectivity index (χ1v) is 9.07. The summed E-state index contributed by atoms with van der Waals surface area (Å²) in [7, 11) is 0. The molecule has 1 aliphatic carbocycles. The Morgan fingerprint density at radius 3 is 2.43 bits per heavy atom. The van der Waals surface area contributed by atoms with Crippen LogP contribution in [-0.4, -0.2) is 72.1 Å². The summed E-state index contributed by atoms with van der Waals surface area (Å²) in [6.45, 7) is 4.28.